The van der Waals surface area contributed by atoms with E-state index in [0.717, 1.165) is 0 Å². The Kier molecular flexibility index (Phi) is 5.24. The van der Waals surface area contributed by atoms with Gasteiger partial charge in [-0.3, -0.25) is 0 Å². The Morgan fingerprint density at radius 1 is 1.14 bits per heavy atom. The second-order valence-electron chi connectivity index (χ2n) is 6.20. The van der Waals surface area contributed by atoms with Crippen molar-refractivity contribution in [2.75, 3.05) is 7.11 Å². The van der Waals surface area contributed by atoms with Crippen molar-refractivity contribution in [1.82, 2.24) is 15.1 Å². The van der Waals surface area contributed by atoms with Crippen LogP contribution in [0.1, 0.15) is 17.2 Å². The first kappa shape index (κ1) is 19.0. The van der Waals surface area contributed by atoms with Crippen molar-refractivity contribution >= 4 is 11.6 Å². The highest BCUT2D eigenvalue weighted by Crippen LogP contribution is 2.40. The molecule has 1 N–H and O–H groups in total. The zero-order valence-corrected chi connectivity index (χ0v) is 16.0. The molecule has 0 saturated carbocycles. The van der Waals surface area contributed by atoms with Crippen LogP contribution < -0.4 is 4.74 Å². The summed E-state index contributed by atoms with van der Waals surface area (Å²) in [5, 5.41) is 15.6. The lowest BCUT2D eigenvalue weighted by molar-refractivity contribution is 0.219. The second-order valence-corrected chi connectivity index (χ2v) is 6.64. The number of nitrogens with zero attached hydrogens (tertiary/aromatic N) is 3. The van der Waals surface area contributed by atoms with Crippen molar-refractivity contribution in [3.8, 4) is 28.3 Å². The summed E-state index contributed by atoms with van der Waals surface area (Å²) in [7, 11) is 1.45. The van der Waals surface area contributed by atoms with Crippen molar-refractivity contribution in [2.45, 2.75) is 6.10 Å². The molecule has 0 fully saturated rings. The predicted octanol–water partition coefficient (Wildman–Crippen LogP) is 4.68. The lowest BCUT2D eigenvalue weighted by Crippen LogP contribution is -2.04. The fraction of sp³-hybridized carbons (Fsp3) is 0.0952. The standard InChI is InChI=1S/C21H15ClFN3O3/c1-28-15-5-6-16(17(23)8-15)19-18(20(27)13-9-24-11-25-10-13)21(29-26-19)12-3-2-4-14(22)7-12/h2-11,20,27H,1H3. The molecule has 0 aliphatic carbocycles. The van der Waals surface area contributed by atoms with E-state index in [1.165, 1.54) is 38.0 Å². The number of ether oxygens (including phenoxy) is 1. The zero-order valence-electron chi connectivity index (χ0n) is 15.2. The van der Waals surface area contributed by atoms with E-state index in [1.807, 2.05) is 0 Å². The first-order valence-electron chi connectivity index (χ1n) is 8.61. The van der Waals surface area contributed by atoms with Gasteiger partial charge in [-0.2, -0.15) is 0 Å². The molecule has 8 heteroatoms. The van der Waals surface area contributed by atoms with E-state index in [1.54, 1.807) is 30.3 Å². The Balaban J connectivity index is 1.93. The summed E-state index contributed by atoms with van der Waals surface area (Å²) < 4.78 is 25.3. The highest BCUT2D eigenvalue weighted by Gasteiger charge is 2.28. The van der Waals surface area contributed by atoms with E-state index in [2.05, 4.69) is 15.1 Å². The molecule has 0 spiro atoms. The highest BCUT2D eigenvalue weighted by molar-refractivity contribution is 6.30. The molecule has 0 saturated heterocycles. The number of aliphatic hydroxyl groups excluding tert-OH is 1. The van der Waals surface area contributed by atoms with E-state index in [9.17, 15) is 9.50 Å². The van der Waals surface area contributed by atoms with Crippen LogP contribution in [0.25, 0.3) is 22.6 Å². The van der Waals surface area contributed by atoms with Gasteiger partial charge in [-0.05, 0) is 24.3 Å². The largest absolute Gasteiger partial charge is 0.497 e. The molecule has 0 aliphatic heterocycles. The second kappa shape index (κ2) is 7.98. The molecule has 0 bridgehead atoms. The van der Waals surface area contributed by atoms with Crippen LogP contribution in [0, 0.1) is 5.82 Å². The number of aromatic nitrogens is 3. The molecule has 2 heterocycles. The number of methoxy groups -OCH3 is 1. The lowest BCUT2D eigenvalue weighted by Gasteiger charge is -2.13. The van der Waals surface area contributed by atoms with E-state index in [-0.39, 0.29) is 22.6 Å². The average molecular weight is 412 g/mol. The van der Waals surface area contributed by atoms with Crippen molar-refractivity contribution < 1.29 is 18.8 Å². The molecule has 4 rings (SSSR count). The Hall–Kier alpha value is -3.29. The summed E-state index contributed by atoms with van der Waals surface area (Å²) in [6, 6.07) is 11.3. The van der Waals surface area contributed by atoms with Crippen LogP contribution in [0.5, 0.6) is 5.75 Å². The van der Waals surface area contributed by atoms with Gasteiger partial charge in [-0.1, -0.05) is 28.9 Å². The van der Waals surface area contributed by atoms with Crippen LogP contribution in [0.3, 0.4) is 0 Å². The van der Waals surface area contributed by atoms with Crippen LogP contribution in [0.15, 0.2) is 65.7 Å². The van der Waals surface area contributed by atoms with Crippen molar-refractivity contribution in [1.29, 1.82) is 0 Å². The Bertz CT molecular complexity index is 1150. The molecule has 1 unspecified atom stereocenters. The summed E-state index contributed by atoms with van der Waals surface area (Å²) >= 11 is 6.11. The molecule has 29 heavy (non-hydrogen) atoms. The molecule has 0 amide bonds. The third-order valence-electron chi connectivity index (χ3n) is 4.42. The fourth-order valence-electron chi connectivity index (χ4n) is 3.02. The first-order valence-corrected chi connectivity index (χ1v) is 8.98. The minimum atomic E-state index is -1.20. The molecular formula is C21H15ClFN3O3. The molecule has 4 aromatic rings. The molecule has 2 aromatic carbocycles. The van der Waals surface area contributed by atoms with E-state index < -0.39 is 11.9 Å². The first-order chi connectivity index (χ1) is 14.1. The number of benzene rings is 2. The van der Waals surface area contributed by atoms with Crippen LogP contribution in [0.2, 0.25) is 5.02 Å². The molecule has 2 aromatic heterocycles. The molecule has 6 nitrogen and oxygen atoms in total. The van der Waals surface area contributed by atoms with Gasteiger partial charge >= 0.3 is 0 Å². The number of aliphatic hydroxyl groups is 1. The van der Waals surface area contributed by atoms with Crippen LogP contribution in [0.4, 0.5) is 4.39 Å². The lowest BCUT2D eigenvalue weighted by atomic mass is 9.95. The number of hydrogen-bond donors (Lipinski definition) is 1. The third-order valence-corrected chi connectivity index (χ3v) is 4.65. The van der Waals surface area contributed by atoms with Gasteiger partial charge in [0.25, 0.3) is 0 Å². The minimum Gasteiger partial charge on any atom is -0.497 e. The third kappa shape index (κ3) is 3.70. The molecular weight excluding hydrogens is 397 g/mol. The maximum Gasteiger partial charge on any atom is 0.173 e. The highest BCUT2D eigenvalue weighted by atomic mass is 35.5. The Morgan fingerprint density at radius 2 is 1.93 bits per heavy atom. The smallest absolute Gasteiger partial charge is 0.173 e. The van der Waals surface area contributed by atoms with E-state index in [0.29, 0.717) is 21.9 Å². The summed E-state index contributed by atoms with van der Waals surface area (Å²) in [4.78, 5) is 7.88. The van der Waals surface area contributed by atoms with Gasteiger partial charge in [0.15, 0.2) is 5.76 Å². The van der Waals surface area contributed by atoms with Crippen molar-refractivity contribution in [2.24, 2.45) is 0 Å². The molecule has 1 atom stereocenters. The Labute approximate surface area is 170 Å². The SMILES string of the molecule is COc1ccc(-c2noc(-c3cccc(Cl)c3)c2C(O)c2cncnc2)c(F)c1. The quantitative estimate of drug-likeness (QED) is 0.513. The molecule has 0 aliphatic rings. The van der Waals surface area contributed by atoms with Crippen molar-refractivity contribution in [3.05, 3.63) is 83.2 Å². The van der Waals surface area contributed by atoms with Gasteiger partial charge in [-0.15, -0.1) is 0 Å². The number of rotatable bonds is 5. The van der Waals surface area contributed by atoms with Gasteiger partial charge in [0.05, 0.1) is 12.7 Å². The van der Waals surface area contributed by atoms with E-state index >= 15 is 0 Å². The van der Waals surface area contributed by atoms with Gasteiger partial charge in [0, 0.05) is 40.2 Å². The molecule has 0 radical (unpaired) electrons. The van der Waals surface area contributed by atoms with Gasteiger partial charge in [-0.25, -0.2) is 14.4 Å². The van der Waals surface area contributed by atoms with Crippen molar-refractivity contribution in [3.63, 3.8) is 0 Å². The average Bonchev–Trinajstić information content (AvgIpc) is 3.18. The van der Waals surface area contributed by atoms with Gasteiger partial charge in [0.2, 0.25) is 0 Å². The minimum absolute atomic E-state index is 0.161. The normalized spacial score (nSPS) is 12.0. The summed E-state index contributed by atoms with van der Waals surface area (Å²) in [6.45, 7) is 0. The van der Waals surface area contributed by atoms with E-state index in [4.69, 9.17) is 20.9 Å². The zero-order chi connectivity index (χ0) is 20.4. The molecule has 146 valence electrons. The number of hydrogen-bond acceptors (Lipinski definition) is 6. The monoisotopic (exact) mass is 411 g/mol. The number of halogens is 2. The van der Waals surface area contributed by atoms with Gasteiger partial charge in [0.1, 0.15) is 29.7 Å². The fourth-order valence-corrected chi connectivity index (χ4v) is 3.21. The summed E-state index contributed by atoms with van der Waals surface area (Å²) in [5.41, 5.74) is 1.61. The summed E-state index contributed by atoms with van der Waals surface area (Å²) in [5.74, 6) is 0.0745. The maximum atomic E-state index is 14.8. The predicted molar refractivity (Wildman–Crippen MR) is 105 cm³/mol. The van der Waals surface area contributed by atoms with Gasteiger partial charge < -0.3 is 14.4 Å². The van der Waals surface area contributed by atoms with Crippen LogP contribution >= 0.6 is 11.6 Å². The van der Waals surface area contributed by atoms with Crippen LogP contribution in [-0.2, 0) is 0 Å². The topological polar surface area (TPSA) is 81.3 Å². The summed E-state index contributed by atoms with van der Waals surface area (Å²) in [6.07, 6.45) is 3.10. The van der Waals surface area contributed by atoms with Crippen LogP contribution in [-0.4, -0.2) is 27.3 Å². The maximum absolute atomic E-state index is 14.8. The Morgan fingerprint density at radius 3 is 2.62 bits per heavy atom.